The van der Waals surface area contributed by atoms with Crippen LogP contribution in [0.15, 0.2) is 23.1 Å². The summed E-state index contributed by atoms with van der Waals surface area (Å²) in [7, 11) is -2.30. The molecule has 0 radical (unpaired) electrons. The minimum Gasteiger partial charge on any atom is -0.496 e. The van der Waals surface area contributed by atoms with Crippen molar-refractivity contribution in [2.75, 3.05) is 20.2 Å². The summed E-state index contributed by atoms with van der Waals surface area (Å²) in [5.41, 5.74) is 10.9. The molecular weight excluding hydrogens is 294 g/mol. The lowest BCUT2D eigenvalue weighted by Gasteiger charge is -2.23. The topological polar surface area (TPSA) is 116 Å². The molecule has 21 heavy (non-hydrogen) atoms. The lowest BCUT2D eigenvalue weighted by Crippen LogP contribution is -2.39. The Hall–Kier alpha value is -1.64. The summed E-state index contributed by atoms with van der Waals surface area (Å²) in [5.74, 6) is -0.487. The summed E-state index contributed by atoms with van der Waals surface area (Å²) < 4.78 is 31.7. The third-order valence-electron chi connectivity index (χ3n) is 3.64. The molecule has 0 aliphatic carbocycles. The fraction of sp³-hybridized carbons (Fsp3) is 0.462. The Kier molecular flexibility index (Phi) is 4.50. The van der Waals surface area contributed by atoms with Crippen LogP contribution in [0.4, 0.5) is 0 Å². The lowest BCUT2D eigenvalue weighted by molar-refractivity contribution is 0.0997. The summed E-state index contributed by atoms with van der Waals surface area (Å²) in [6.45, 7) is 0.709. The first kappa shape index (κ1) is 15.7. The van der Waals surface area contributed by atoms with Gasteiger partial charge in [0, 0.05) is 19.1 Å². The largest absolute Gasteiger partial charge is 0.496 e. The fourth-order valence-electron chi connectivity index (χ4n) is 2.54. The average molecular weight is 313 g/mol. The number of benzene rings is 1. The molecule has 0 saturated carbocycles. The van der Waals surface area contributed by atoms with Gasteiger partial charge in [0.15, 0.2) is 0 Å². The van der Waals surface area contributed by atoms with Crippen molar-refractivity contribution < 1.29 is 17.9 Å². The first-order chi connectivity index (χ1) is 9.91. The van der Waals surface area contributed by atoms with Crippen LogP contribution in [0.25, 0.3) is 0 Å². The van der Waals surface area contributed by atoms with Crippen molar-refractivity contribution in [1.29, 1.82) is 0 Å². The van der Waals surface area contributed by atoms with Crippen molar-refractivity contribution in [3.8, 4) is 5.75 Å². The molecule has 1 heterocycles. The zero-order chi connectivity index (χ0) is 15.6. The van der Waals surface area contributed by atoms with Gasteiger partial charge in [-0.25, -0.2) is 8.42 Å². The highest BCUT2D eigenvalue weighted by Crippen LogP contribution is 2.28. The van der Waals surface area contributed by atoms with Crippen LogP contribution in [-0.2, 0) is 10.0 Å². The number of carbonyl (C=O) groups is 1. The maximum absolute atomic E-state index is 12.7. The van der Waals surface area contributed by atoms with Crippen LogP contribution >= 0.6 is 0 Å². The van der Waals surface area contributed by atoms with Crippen LogP contribution in [0.2, 0.25) is 0 Å². The van der Waals surface area contributed by atoms with E-state index in [1.807, 2.05) is 0 Å². The molecule has 1 aliphatic rings. The standard InChI is InChI=1S/C13H19N3O4S/c1-20-12-5-4-10(7-11(12)13(15)17)21(18,19)16-6-2-3-9(16)8-14/h4-5,7,9H,2-3,6,8,14H2,1H3,(H2,15,17). The van der Waals surface area contributed by atoms with Crippen LogP contribution in [0.3, 0.4) is 0 Å². The molecule has 1 atom stereocenters. The zero-order valence-electron chi connectivity index (χ0n) is 11.8. The van der Waals surface area contributed by atoms with Crippen molar-refractivity contribution in [2.24, 2.45) is 11.5 Å². The Labute approximate surface area is 123 Å². The van der Waals surface area contributed by atoms with Crippen LogP contribution in [-0.4, -0.2) is 44.9 Å². The van der Waals surface area contributed by atoms with Crippen LogP contribution in [0, 0.1) is 0 Å². The Balaban J connectivity index is 2.45. The van der Waals surface area contributed by atoms with Gasteiger partial charge in [0.25, 0.3) is 5.91 Å². The summed E-state index contributed by atoms with van der Waals surface area (Å²) in [6.07, 6.45) is 1.52. The van der Waals surface area contributed by atoms with Gasteiger partial charge in [0.2, 0.25) is 10.0 Å². The first-order valence-electron chi connectivity index (χ1n) is 6.61. The Morgan fingerprint density at radius 1 is 1.48 bits per heavy atom. The molecule has 0 aromatic heterocycles. The predicted molar refractivity (Wildman–Crippen MR) is 77.5 cm³/mol. The number of primary amides is 1. The number of hydrogen-bond donors (Lipinski definition) is 2. The SMILES string of the molecule is COc1ccc(S(=O)(=O)N2CCCC2CN)cc1C(N)=O. The summed E-state index contributed by atoms with van der Waals surface area (Å²) in [4.78, 5) is 11.4. The van der Waals surface area contributed by atoms with E-state index in [-0.39, 0.29) is 28.8 Å². The van der Waals surface area contributed by atoms with Gasteiger partial charge >= 0.3 is 0 Å². The number of sulfonamides is 1. The van der Waals surface area contributed by atoms with E-state index in [4.69, 9.17) is 16.2 Å². The third-order valence-corrected chi connectivity index (χ3v) is 5.59. The molecule has 7 nitrogen and oxygen atoms in total. The fourth-order valence-corrected chi connectivity index (χ4v) is 4.27. The lowest BCUT2D eigenvalue weighted by atomic mass is 10.2. The van der Waals surface area contributed by atoms with Gasteiger partial charge < -0.3 is 16.2 Å². The maximum Gasteiger partial charge on any atom is 0.252 e. The predicted octanol–water partition coefficient (Wildman–Crippen LogP) is -0.0941. The monoisotopic (exact) mass is 313 g/mol. The summed E-state index contributed by atoms with van der Waals surface area (Å²) >= 11 is 0. The Bertz CT molecular complexity index is 645. The van der Waals surface area contributed by atoms with Crippen LogP contribution < -0.4 is 16.2 Å². The van der Waals surface area contributed by atoms with E-state index in [9.17, 15) is 13.2 Å². The van der Waals surface area contributed by atoms with Gasteiger partial charge in [-0.2, -0.15) is 4.31 Å². The number of nitrogens with two attached hydrogens (primary N) is 2. The third kappa shape index (κ3) is 2.87. The summed E-state index contributed by atoms with van der Waals surface area (Å²) in [6, 6.07) is 3.89. The number of nitrogens with zero attached hydrogens (tertiary/aromatic N) is 1. The number of carbonyl (C=O) groups excluding carboxylic acids is 1. The quantitative estimate of drug-likeness (QED) is 0.788. The highest BCUT2D eigenvalue weighted by Gasteiger charge is 2.34. The second-order valence-electron chi connectivity index (χ2n) is 4.87. The van der Waals surface area contributed by atoms with E-state index in [0.717, 1.165) is 12.8 Å². The van der Waals surface area contributed by atoms with E-state index < -0.39 is 15.9 Å². The smallest absolute Gasteiger partial charge is 0.252 e. The Morgan fingerprint density at radius 3 is 2.76 bits per heavy atom. The second kappa shape index (κ2) is 6.00. The van der Waals surface area contributed by atoms with Gasteiger partial charge in [-0.1, -0.05) is 0 Å². The molecular formula is C13H19N3O4S. The van der Waals surface area contributed by atoms with Gasteiger partial charge in [-0.15, -0.1) is 0 Å². The molecule has 116 valence electrons. The number of rotatable bonds is 5. The summed E-state index contributed by atoms with van der Waals surface area (Å²) in [5, 5.41) is 0. The van der Waals surface area contributed by atoms with E-state index >= 15 is 0 Å². The number of amides is 1. The molecule has 1 unspecified atom stereocenters. The average Bonchev–Trinajstić information content (AvgIpc) is 2.95. The maximum atomic E-state index is 12.7. The molecule has 2 rings (SSSR count). The van der Waals surface area contributed by atoms with Gasteiger partial charge in [-0.3, -0.25) is 4.79 Å². The Morgan fingerprint density at radius 2 is 2.19 bits per heavy atom. The van der Waals surface area contributed by atoms with E-state index in [0.29, 0.717) is 6.54 Å². The molecule has 1 saturated heterocycles. The molecule has 1 aliphatic heterocycles. The van der Waals surface area contributed by atoms with Gasteiger partial charge in [0.1, 0.15) is 5.75 Å². The van der Waals surface area contributed by atoms with Crippen molar-refractivity contribution in [3.05, 3.63) is 23.8 Å². The molecule has 8 heteroatoms. The molecule has 1 fully saturated rings. The van der Waals surface area contributed by atoms with Crippen molar-refractivity contribution in [2.45, 2.75) is 23.8 Å². The minimum atomic E-state index is -3.69. The molecule has 0 spiro atoms. The normalized spacial score (nSPS) is 19.6. The molecule has 1 amide bonds. The molecule has 4 N–H and O–H groups in total. The van der Waals surface area contributed by atoms with Crippen molar-refractivity contribution in [1.82, 2.24) is 4.31 Å². The molecule has 1 aromatic rings. The number of ether oxygens (including phenoxy) is 1. The highest BCUT2D eigenvalue weighted by molar-refractivity contribution is 7.89. The van der Waals surface area contributed by atoms with Crippen molar-refractivity contribution in [3.63, 3.8) is 0 Å². The van der Waals surface area contributed by atoms with E-state index in [1.165, 1.54) is 29.6 Å². The second-order valence-corrected chi connectivity index (χ2v) is 6.76. The minimum absolute atomic E-state index is 0.0254. The van der Waals surface area contributed by atoms with E-state index in [1.54, 1.807) is 0 Å². The van der Waals surface area contributed by atoms with Crippen LogP contribution in [0.1, 0.15) is 23.2 Å². The van der Waals surface area contributed by atoms with Crippen molar-refractivity contribution >= 4 is 15.9 Å². The number of methoxy groups -OCH3 is 1. The molecule has 1 aromatic carbocycles. The first-order valence-corrected chi connectivity index (χ1v) is 8.05. The van der Waals surface area contributed by atoms with Gasteiger partial charge in [-0.05, 0) is 31.0 Å². The number of hydrogen-bond acceptors (Lipinski definition) is 5. The van der Waals surface area contributed by atoms with Crippen LogP contribution in [0.5, 0.6) is 5.75 Å². The highest BCUT2D eigenvalue weighted by atomic mass is 32.2. The van der Waals surface area contributed by atoms with E-state index in [2.05, 4.69) is 0 Å². The van der Waals surface area contributed by atoms with Gasteiger partial charge in [0.05, 0.1) is 17.6 Å². The zero-order valence-corrected chi connectivity index (χ0v) is 12.6. The molecule has 0 bridgehead atoms.